The third kappa shape index (κ3) is 4.35. The second-order valence-electron chi connectivity index (χ2n) is 6.28. The van der Waals surface area contributed by atoms with Gasteiger partial charge in [-0.1, -0.05) is 54.1 Å². The highest BCUT2D eigenvalue weighted by atomic mass is 35.5. The molecule has 0 radical (unpaired) electrons. The molecule has 0 saturated carbocycles. The van der Waals surface area contributed by atoms with E-state index in [4.69, 9.17) is 11.6 Å². The molecule has 2 nitrogen and oxygen atoms in total. The van der Waals surface area contributed by atoms with E-state index in [1.165, 1.54) is 11.1 Å². The second kappa shape index (κ2) is 8.61. The maximum atomic E-state index is 12.4. The number of benzene rings is 2. The molecule has 0 spiro atoms. The van der Waals surface area contributed by atoms with Crippen LogP contribution in [-0.2, 0) is 0 Å². The van der Waals surface area contributed by atoms with Gasteiger partial charge in [-0.15, -0.1) is 0 Å². The molecule has 0 N–H and O–H groups in total. The lowest BCUT2D eigenvalue weighted by Gasteiger charge is -2.39. The van der Waals surface area contributed by atoms with Crippen molar-refractivity contribution < 1.29 is 4.39 Å². The Balaban J connectivity index is 1.77. The lowest BCUT2D eigenvalue weighted by molar-refractivity contribution is 0.107. The summed E-state index contributed by atoms with van der Waals surface area (Å²) < 4.78 is 12.4. The first-order valence-electron chi connectivity index (χ1n) is 8.60. The van der Waals surface area contributed by atoms with E-state index in [1.54, 1.807) is 0 Å². The van der Waals surface area contributed by atoms with Gasteiger partial charge in [0.1, 0.15) is 0 Å². The fourth-order valence-electron chi connectivity index (χ4n) is 3.42. The summed E-state index contributed by atoms with van der Waals surface area (Å²) in [5.41, 5.74) is 2.57. The fraction of sp³-hybridized carbons (Fsp3) is 0.400. The molecule has 4 heteroatoms. The standard InChI is InChI=1S/C20H24ClFN2/c21-19-9-7-18(8-10-19)20(17-5-2-1-3-6-17)24-15-13-23(14-16-24)12-4-11-22/h1-3,5-10,20H,4,11-16H2. The first-order valence-corrected chi connectivity index (χ1v) is 8.98. The average Bonchev–Trinajstić information content (AvgIpc) is 2.64. The Morgan fingerprint density at radius 3 is 2.12 bits per heavy atom. The van der Waals surface area contributed by atoms with Gasteiger partial charge < -0.3 is 4.90 Å². The van der Waals surface area contributed by atoms with Gasteiger partial charge >= 0.3 is 0 Å². The SMILES string of the molecule is FCCCN1CCN(C(c2ccccc2)c2ccc(Cl)cc2)CC1. The number of alkyl halides is 1. The molecule has 1 heterocycles. The van der Waals surface area contributed by atoms with Crippen LogP contribution in [0.15, 0.2) is 54.6 Å². The van der Waals surface area contributed by atoms with E-state index in [0.717, 1.165) is 37.7 Å². The van der Waals surface area contributed by atoms with E-state index in [2.05, 4.69) is 52.3 Å². The van der Waals surface area contributed by atoms with Crippen molar-refractivity contribution in [1.29, 1.82) is 0 Å². The van der Waals surface area contributed by atoms with Gasteiger partial charge in [0.25, 0.3) is 0 Å². The summed E-state index contributed by atoms with van der Waals surface area (Å²) in [6.45, 7) is 4.62. The molecule has 0 bridgehead atoms. The summed E-state index contributed by atoms with van der Waals surface area (Å²) in [6, 6.07) is 19.0. The minimum absolute atomic E-state index is 0.225. The molecular weight excluding hydrogens is 323 g/mol. The van der Waals surface area contributed by atoms with Crippen LogP contribution in [0.25, 0.3) is 0 Å². The first-order chi connectivity index (χ1) is 11.8. The molecule has 24 heavy (non-hydrogen) atoms. The summed E-state index contributed by atoms with van der Waals surface area (Å²) in [6.07, 6.45) is 0.638. The molecule has 1 saturated heterocycles. The van der Waals surface area contributed by atoms with Crippen LogP contribution in [0.4, 0.5) is 4.39 Å². The normalized spacial score (nSPS) is 17.8. The topological polar surface area (TPSA) is 6.48 Å². The molecule has 1 aliphatic rings. The van der Waals surface area contributed by atoms with Crippen LogP contribution in [0, 0.1) is 0 Å². The van der Waals surface area contributed by atoms with Crippen molar-refractivity contribution in [3.63, 3.8) is 0 Å². The van der Waals surface area contributed by atoms with E-state index in [1.807, 2.05) is 12.1 Å². The fourth-order valence-corrected chi connectivity index (χ4v) is 3.55. The summed E-state index contributed by atoms with van der Waals surface area (Å²) in [4.78, 5) is 4.88. The van der Waals surface area contributed by atoms with Gasteiger partial charge in [-0.3, -0.25) is 9.29 Å². The van der Waals surface area contributed by atoms with Crippen molar-refractivity contribution in [2.75, 3.05) is 39.4 Å². The van der Waals surface area contributed by atoms with Crippen LogP contribution in [0.1, 0.15) is 23.6 Å². The van der Waals surface area contributed by atoms with Crippen LogP contribution in [0.3, 0.4) is 0 Å². The van der Waals surface area contributed by atoms with Crippen molar-refractivity contribution in [1.82, 2.24) is 9.80 Å². The maximum absolute atomic E-state index is 12.4. The predicted octanol–water partition coefficient (Wildman–Crippen LogP) is 4.41. The molecule has 0 aromatic heterocycles. The van der Waals surface area contributed by atoms with Gasteiger partial charge in [0.15, 0.2) is 0 Å². The third-order valence-corrected chi connectivity index (χ3v) is 4.93. The van der Waals surface area contributed by atoms with Gasteiger partial charge in [-0.05, 0) is 29.7 Å². The first kappa shape index (κ1) is 17.4. The van der Waals surface area contributed by atoms with Crippen LogP contribution in [0.5, 0.6) is 0 Å². The number of nitrogens with zero attached hydrogens (tertiary/aromatic N) is 2. The Morgan fingerprint density at radius 2 is 1.50 bits per heavy atom. The third-order valence-electron chi connectivity index (χ3n) is 4.68. The minimum atomic E-state index is -0.225. The Kier molecular flexibility index (Phi) is 6.24. The van der Waals surface area contributed by atoms with Gasteiger partial charge in [-0.25, -0.2) is 0 Å². The molecule has 1 fully saturated rings. The molecule has 0 amide bonds. The van der Waals surface area contributed by atoms with Crippen LogP contribution < -0.4 is 0 Å². The summed E-state index contributed by atoms with van der Waals surface area (Å²) in [7, 11) is 0. The Morgan fingerprint density at radius 1 is 0.875 bits per heavy atom. The van der Waals surface area contributed by atoms with Crippen molar-refractivity contribution >= 4 is 11.6 Å². The zero-order valence-corrected chi connectivity index (χ0v) is 14.6. The lowest BCUT2D eigenvalue weighted by atomic mass is 9.96. The molecule has 0 aliphatic carbocycles. The number of hydrogen-bond donors (Lipinski definition) is 0. The van der Waals surface area contributed by atoms with E-state index < -0.39 is 0 Å². The van der Waals surface area contributed by atoms with E-state index in [-0.39, 0.29) is 12.7 Å². The van der Waals surface area contributed by atoms with Crippen molar-refractivity contribution in [2.24, 2.45) is 0 Å². The summed E-state index contributed by atoms with van der Waals surface area (Å²) in [5.74, 6) is 0. The van der Waals surface area contributed by atoms with Gasteiger partial charge in [0.05, 0.1) is 12.7 Å². The molecule has 1 aliphatic heterocycles. The number of rotatable bonds is 6. The molecular formula is C20H24ClFN2. The monoisotopic (exact) mass is 346 g/mol. The van der Waals surface area contributed by atoms with E-state index in [0.29, 0.717) is 6.42 Å². The number of piperazine rings is 1. The highest BCUT2D eigenvalue weighted by Gasteiger charge is 2.26. The van der Waals surface area contributed by atoms with Crippen molar-refractivity contribution in [3.05, 3.63) is 70.7 Å². The quantitative estimate of drug-likeness (QED) is 0.764. The Labute approximate surface area is 148 Å². The summed E-state index contributed by atoms with van der Waals surface area (Å²) >= 11 is 6.06. The van der Waals surface area contributed by atoms with Crippen LogP contribution in [-0.4, -0.2) is 49.2 Å². The molecule has 2 aromatic rings. The Bertz CT molecular complexity index is 609. The highest BCUT2D eigenvalue weighted by Crippen LogP contribution is 2.30. The van der Waals surface area contributed by atoms with Crippen LogP contribution in [0.2, 0.25) is 5.02 Å². The number of hydrogen-bond acceptors (Lipinski definition) is 2. The smallest absolute Gasteiger partial charge is 0.0906 e. The van der Waals surface area contributed by atoms with Gasteiger partial charge in [0, 0.05) is 37.7 Å². The molecule has 128 valence electrons. The second-order valence-corrected chi connectivity index (χ2v) is 6.72. The van der Waals surface area contributed by atoms with E-state index >= 15 is 0 Å². The van der Waals surface area contributed by atoms with Gasteiger partial charge in [0.2, 0.25) is 0 Å². The predicted molar refractivity (Wildman–Crippen MR) is 98.3 cm³/mol. The highest BCUT2D eigenvalue weighted by molar-refractivity contribution is 6.30. The largest absolute Gasteiger partial charge is 0.301 e. The Hall–Kier alpha value is -1.42. The summed E-state index contributed by atoms with van der Waals surface area (Å²) in [5, 5.41) is 0.765. The average molecular weight is 347 g/mol. The molecule has 1 atom stereocenters. The van der Waals surface area contributed by atoms with Gasteiger partial charge in [-0.2, -0.15) is 0 Å². The molecule has 1 unspecified atom stereocenters. The zero-order chi connectivity index (χ0) is 16.8. The van der Waals surface area contributed by atoms with Crippen molar-refractivity contribution in [3.8, 4) is 0 Å². The maximum Gasteiger partial charge on any atom is 0.0906 e. The van der Waals surface area contributed by atoms with Crippen LogP contribution >= 0.6 is 11.6 Å². The minimum Gasteiger partial charge on any atom is -0.301 e. The van der Waals surface area contributed by atoms with E-state index in [9.17, 15) is 4.39 Å². The van der Waals surface area contributed by atoms with Crippen molar-refractivity contribution in [2.45, 2.75) is 12.5 Å². The lowest BCUT2D eigenvalue weighted by Crippen LogP contribution is -2.48. The number of halogens is 2. The molecule has 2 aromatic carbocycles. The zero-order valence-electron chi connectivity index (χ0n) is 13.9. The molecule has 3 rings (SSSR count).